The standard InChI is InChI=1S/C126H94BN5O2/c1-124(2,3)82-59-65-108(97(73-82)78-35-14-11-15-36-78)132-113-70-80(120-94(96-47-30-46-95-92-42-21-29-56-118(92)134-123(95)96)45-32-54-111(120)129-104-49-24-17-38-88(104)89-39-18-25-50-105(89)129)57-63-101(113)127-102-64-62-85(128-109-66-60-83(125(4,5)6)74-98(109)99-75-84(126(7,8)9)61-67-110(99)128)76-114(102)131(103-48-23-16-37-86(103)77-33-12-10-13-34-77)115-71-81(72-116(132)122(115)127)121-87(79-58-68-119-100(69-79)93-43-22-28-55-117(93)133-119)44-31-53-112(121)130-106-51-26-19-40-90(106)91-41-20-27-52-107(91)130/h10-76H,1-9H3. The Hall–Kier alpha value is -16.2. The van der Waals surface area contributed by atoms with Gasteiger partial charge in [0.1, 0.15) is 22.3 Å². The van der Waals surface area contributed by atoms with Gasteiger partial charge < -0.3 is 32.3 Å². The lowest BCUT2D eigenvalue weighted by molar-refractivity contribution is 0.590. The van der Waals surface area contributed by atoms with E-state index in [1.165, 1.54) is 65.4 Å². The fraction of sp³-hybridized carbons (Fsp3) is 0.0952. The minimum atomic E-state index is -0.380. The second-order valence-corrected chi connectivity index (χ2v) is 39.8. The maximum absolute atomic E-state index is 7.22. The number of hydrogen-bond donors (Lipinski definition) is 0. The summed E-state index contributed by atoms with van der Waals surface area (Å²) in [6.45, 7) is 20.7. The number of benzene rings is 19. The zero-order valence-electron chi connectivity index (χ0n) is 76.3. The number of para-hydroxylation sites is 8. The Morgan fingerprint density at radius 1 is 0.209 bits per heavy atom. The molecule has 0 bridgehead atoms. The lowest BCUT2D eigenvalue weighted by Gasteiger charge is -2.45. The molecule has 26 rings (SSSR count). The highest BCUT2D eigenvalue weighted by molar-refractivity contribution is 7.00. The maximum atomic E-state index is 7.22. The van der Waals surface area contributed by atoms with Crippen LogP contribution in [0.5, 0.6) is 0 Å². The first-order valence-corrected chi connectivity index (χ1v) is 47.0. The molecule has 134 heavy (non-hydrogen) atoms. The van der Waals surface area contributed by atoms with Gasteiger partial charge in [0.05, 0.1) is 55.8 Å². The van der Waals surface area contributed by atoms with Crippen molar-refractivity contribution < 1.29 is 8.83 Å². The van der Waals surface area contributed by atoms with Crippen LogP contribution < -0.4 is 26.2 Å². The van der Waals surface area contributed by atoms with Gasteiger partial charge in [0.15, 0.2) is 0 Å². The monoisotopic (exact) mass is 1720 g/mol. The van der Waals surface area contributed by atoms with E-state index in [1.807, 2.05) is 0 Å². The van der Waals surface area contributed by atoms with Crippen molar-refractivity contribution in [3.05, 3.63) is 423 Å². The van der Waals surface area contributed by atoms with E-state index in [0.717, 1.165) is 195 Å². The number of aromatic nitrogens is 3. The normalized spacial score (nSPS) is 12.9. The third kappa shape index (κ3) is 12.1. The number of anilines is 6. The summed E-state index contributed by atoms with van der Waals surface area (Å²) in [5.74, 6) is 0. The third-order valence-corrected chi connectivity index (χ3v) is 28.9. The van der Waals surface area contributed by atoms with Gasteiger partial charge in [0.25, 0.3) is 6.71 Å². The SMILES string of the molecule is CC(C)(C)c1ccc(N2c3cc(-c4c(-c5cccc6c5oc5ccccc56)cccc4-n4c5ccccc5c5ccccc54)ccc3B3c4ccc(-n5c6ccc(C(C)(C)C)cc6c6cc(C(C)(C)C)ccc65)cc4N(c4ccccc4-c4ccccc4)c4cc(-c5c(-c6ccc7oc8ccccc8c7c6)cccc5-n5c6ccccc6c6ccccc65)cc2c43)c(-c2ccccc2)c1. The van der Waals surface area contributed by atoms with Crippen LogP contribution >= 0.6 is 0 Å². The van der Waals surface area contributed by atoms with Crippen LogP contribution in [0, 0.1) is 0 Å². The Morgan fingerprint density at radius 3 is 1.19 bits per heavy atom. The summed E-state index contributed by atoms with van der Waals surface area (Å²) in [4.78, 5) is 5.39. The molecular formula is C126H94BN5O2. The Labute approximate surface area is 779 Å². The number of hydrogen-bond acceptors (Lipinski definition) is 4. The Morgan fingerprint density at radius 2 is 0.612 bits per heavy atom. The van der Waals surface area contributed by atoms with E-state index in [9.17, 15) is 0 Å². The van der Waals surface area contributed by atoms with E-state index >= 15 is 0 Å². The van der Waals surface area contributed by atoms with Gasteiger partial charge in [-0.2, -0.15) is 0 Å². The largest absolute Gasteiger partial charge is 0.456 e. The average Bonchev–Trinajstić information content (AvgIpc) is 0.819. The van der Waals surface area contributed by atoms with Crippen LogP contribution in [-0.4, -0.2) is 20.4 Å². The minimum absolute atomic E-state index is 0.103. The summed E-state index contributed by atoms with van der Waals surface area (Å²) < 4.78 is 21.6. The van der Waals surface area contributed by atoms with Crippen molar-refractivity contribution in [1.82, 2.24) is 13.7 Å². The molecule has 0 radical (unpaired) electrons. The number of rotatable bonds is 11. The van der Waals surface area contributed by atoms with Crippen LogP contribution in [0.2, 0.25) is 0 Å². The fourth-order valence-electron chi connectivity index (χ4n) is 22.5. The van der Waals surface area contributed by atoms with E-state index in [2.05, 4.69) is 492 Å². The molecule has 0 spiro atoms. The van der Waals surface area contributed by atoms with E-state index < -0.39 is 0 Å². The second kappa shape index (κ2) is 29.7. The lowest BCUT2D eigenvalue weighted by Crippen LogP contribution is -2.61. The molecule has 5 aromatic heterocycles. The van der Waals surface area contributed by atoms with Crippen molar-refractivity contribution in [2.75, 3.05) is 9.80 Å². The molecule has 0 saturated heterocycles. The van der Waals surface area contributed by atoms with Gasteiger partial charge in [-0.05, 0) is 222 Å². The van der Waals surface area contributed by atoms with Crippen molar-refractivity contribution in [1.29, 1.82) is 0 Å². The van der Waals surface area contributed by atoms with Gasteiger partial charge in [-0.15, -0.1) is 0 Å². The van der Waals surface area contributed by atoms with Crippen LogP contribution in [0.1, 0.15) is 79.0 Å². The average molecular weight is 1720 g/mol. The summed E-state index contributed by atoms with van der Waals surface area (Å²) in [5, 5.41) is 11.5. The second-order valence-electron chi connectivity index (χ2n) is 39.8. The Bertz CT molecular complexity index is 8870. The van der Waals surface area contributed by atoms with Crippen molar-refractivity contribution in [2.24, 2.45) is 0 Å². The molecule has 8 heteroatoms. The number of furan rings is 2. The smallest absolute Gasteiger partial charge is 0.252 e. The highest BCUT2D eigenvalue weighted by Gasteiger charge is 2.46. The molecule has 19 aromatic carbocycles. The zero-order valence-corrected chi connectivity index (χ0v) is 76.3. The van der Waals surface area contributed by atoms with Crippen molar-refractivity contribution >= 4 is 167 Å². The molecule has 0 N–H and O–H groups in total. The Kier molecular flexibility index (Phi) is 17.5. The predicted molar refractivity (Wildman–Crippen MR) is 567 cm³/mol. The predicted octanol–water partition coefficient (Wildman–Crippen LogP) is 32.8. The maximum Gasteiger partial charge on any atom is 0.252 e. The molecule has 2 aliphatic heterocycles. The summed E-state index contributed by atoms with van der Waals surface area (Å²) in [7, 11) is 0. The van der Waals surface area contributed by atoms with Gasteiger partial charge >= 0.3 is 0 Å². The summed E-state index contributed by atoms with van der Waals surface area (Å²) in [6, 6.07) is 154. The van der Waals surface area contributed by atoms with Crippen LogP contribution in [0.3, 0.4) is 0 Å². The third-order valence-electron chi connectivity index (χ3n) is 28.9. The minimum Gasteiger partial charge on any atom is -0.456 e. The van der Waals surface area contributed by atoms with E-state index in [-0.39, 0.29) is 23.0 Å². The topological polar surface area (TPSA) is 47.6 Å². The van der Waals surface area contributed by atoms with Crippen molar-refractivity contribution in [2.45, 2.75) is 78.6 Å². The summed E-state index contributed by atoms with van der Waals surface area (Å²) in [6.07, 6.45) is 0. The van der Waals surface area contributed by atoms with Crippen molar-refractivity contribution in [3.8, 4) is 83.8 Å². The zero-order chi connectivity index (χ0) is 89.9. The molecular weight excluding hydrogens is 1630 g/mol. The summed E-state index contributed by atoms with van der Waals surface area (Å²) in [5.41, 5.74) is 39.5. The van der Waals surface area contributed by atoms with E-state index in [1.54, 1.807) is 0 Å². The molecule has 7 heterocycles. The first-order valence-electron chi connectivity index (χ1n) is 47.0. The molecule has 0 atom stereocenters. The quantitative estimate of drug-likeness (QED) is 0.121. The first-order chi connectivity index (χ1) is 65.4. The van der Waals surface area contributed by atoms with Gasteiger partial charge in [0.2, 0.25) is 0 Å². The van der Waals surface area contributed by atoms with Crippen LogP contribution in [0.15, 0.2) is 415 Å². The van der Waals surface area contributed by atoms with Gasteiger partial charge in [0, 0.05) is 110 Å². The fourth-order valence-corrected chi connectivity index (χ4v) is 22.5. The molecule has 24 aromatic rings. The summed E-state index contributed by atoms with van der Waals surface area (Å²) >= 11 is 0. The van der Waals surface area contributed by atoms with Gasteiger partial charge in [-0.1, -0.05) is 335 Å². The first kappa shape index (κ1) is 78.8. The van der Waals surface area contributed by atoms with Gasteiger partial charge in [-0.3, -0.25) is 0 Å². The molecule has 0 saturated carbocycles. The van der Waals surface area contributed by atoms with E-state index in [0.29, 0.717) is 0 Å². The number of fused-ring (bicyclic) bond motifs is 19. The lowest BCUT2D eigenvalue weighted by atomic mass is 9.33. The molecule has 0 unspecified atom stereocenters. The van der Waals surface area contributed by atoms with Gasteiger partial charge in [-0.25, -0.2) is 0 Å². The molecule has 0 aliphatic carbocycles. The van der Waals surface area contributed by atoms with E-state index in [4.69, 9.17) is 8.83 Å². The molecule has 2 aliphatic rings. The molecule has 0 fully saturated rings. The van der Waals surface area contributed by atoms with Crippen LogP contribution in [0.4, 0.5) is 34.1 Å². The highest BCUT2D eigenvalue weighted by Crippen LogP contribution is 2.56. The Balaban J connectivity index is 0.844. The van der Waals surface area contributed by atoms with Crippen molar-refractivity contribution in [3.63, 3.8) is 0 Å². The highest BCUT2D eigenvalue weighted by atomic mass is 16.3. The molecule has 0 amide bonds. The molecule has 638 valence electrons. The van der Waals surface area contributed by atoms with Crippen LogP contribution in [-0.2, 0) is 16.2 Å². The molecule has 7 nitrogen and oxygen atoms in total. The number of nitrogens with zero attached hydrogens (tertiary/aromatic N) is 5. The van der Waals surface area contributed by atoms with Crippen LogP contribution in [0.25, 0.3) is 193 Å².